The van der Waals surface area contributed by atoms with Crippen LogP contribution in [0.15, 0.2) is 121 Å². The van der Waals surface area contributed by atoms with Crippen LogP contribution in [0.3, 0.4) is 0 Å². The Labute approximate surface area is 318 Å². The van der Waals surface area contributed by atoms with E-state index in [1.165, 1.54) is 6.07 Å². The van der Waals surface area contributed by atoms with E-state index in [-0.39, 0.29) is 26.4 Å². The molecule has 0 saturated heterocycles. The quantitative estimate of drug-likeness (QED) is 0.123. The van der Waals surface area contributed by atoms with Crippen LogP contribution in [0, 0.1) is 19.1 Å². The van der Waals surface area contributed by atoms with Crippen molar-refractivity contribution in [3.63, 3.8) is 0 Å². The summed E-state index contributed by atoms with van der Waals surface area (Å²) in [5.74, 6) is 0.566. The smallest absolute Gasteiger partial charge is 0.306 e. The summed E-state index contributed by atoms with van der Waals surface area (Å²) in [4.78, 5) is 20.7. The van der Waals surface area contributed by atoms with Crippen molar-refractivity contribution in [1.82, 2.24) is 19.9 Å². The number of nitrogens with zero attached hydrogens (tertiary/aromatic N) is 4. The van der Waals surface area contributed by atoms with Gasteiger partial charge in [-0.05, 0) is 51.3 Å². The van der Waals surface area contributed by atoms with Crippen molar-refractivity contribution in [3.8, 4) is 45.0 Å². The third-order valence-corrected chi connectivity index (χ3v) is 13.1. The number of thiophene rings is 1. The molecule has 0 fully saturated rings. The minimum absolute atomic E-state index is 0. The maximum Gasteiger partial charge on any atom is 2.00 e. The molecule has 0 spiro atoms. The van der Waals surface area contributed by atoms with E-state index in [4.69, 9.17) is 15.0 Å². The summed E-state index contributed by atoms with van der Waals surface area (Å²) in [6.07, 6.45) is -2.90. The fourth-order valence-corrected chi connectivity index (χ4v) is 9.80. The van der Waals surface area contributed by atoms with Crippen LogP contribution in [-0.4, -0.2) is 28.0 Å². The predicted molar refractivity (Wildman–Crippen MR) is 203 cm³/mol. The second-order valence-corrected chi connectivity index (χ2v) is 18.4. The van der Waals surface area contributed by atoms with Crippen molar-refractivity contribution in [2.75, 3.05) is 0 Å². The third kappa shape index (κ3) is 6.65. The molecule has 0 unspecified atom stereocenters. The summed E-state index contributed by atoms with van der Waals surface area (Å²) >= 11 is 1.56. The van der Waals surface area contributed by atoms with Gasteiger partial charge < -0.3 is 9.97 Å². The molecule has 0 N–H and O–H groups in total. The van der Waals surface area contributed by atoms with Crippen LogP contribution in [0.1, 0.15) is 10.4 Å². The number of hydrogen-bond acceptors (Lipinski definition) is 5. The standard InChI is InChI=1S/C42H29F3N4SSi.Pt/c1-26-21-32-37(50-26)24-31(33-25-46-40(49-39(32)33)29-17-11-6-12-18-29)35-20-19-34(42(43,44)45)41(48-35)51(2,3)38-23-30(27-13-7-4-8-14-27)22-36(47-38)28-15-9-5-10-16-28;/h4-15,17-23,25H,1-3H3;/q-2;+2. The van der Waals surface area contributed by atoms with E-state index in [1.54, 1.807) is 23.6 Å². The molecule has 0 atom stereocenters. The Bertz CT molecular complexity index is 2500. The normalized spacial score (nSPS) is 11.9. The van der Waals surface area contributed by atoms with Gasteiger partial charge in [0.25, 0.3) is 0 Å². The topological polar surface area (TPSA) is 51.6 Å². The van der Waals surface area contributed by atoms with E-state index in [0.717, 1.165) is 43.3 Å². The van der Waals surface area contributed by atoms with Crippen molar-refractivity contribution in [1.29, 1.82) is 0 Å². The number of rotatable bonds is 6. The van der Waals surface area contributed by atoms with Gasteiger partial charge in [-0.2, -0.15) is 24.5 Å². The number of pyridine rings is 2. The van der Waals surface area contributed by atoms with E-state index < -0.39 is 19.8 Å². The van der Waals surface area contributed by atoms with Crippen LogP contribution >= 0.6 is 11.3 Å². The largest absolute Gasteiger partial charge is 2.00 e. The molecule has 4 heterocycles. The number of fused-ring (bicyclic) bond motifs is 3. The number of benzene rings is 4. The Morgan fingerprint density at radius 1 is 0.712 bits per heavy atom. The minimum Gasteiger partial charge on any atom is -0.306 e. The molecule has 52 heavy (non-hydrogen) atoms. The Kier molecular flexibility index (Phi) is 9.55. The molecule has 0 saturated carbocycles. The Morgan fingerprint density at radius 3 is 2.12 bits per heavy atom. The Balaban J connectivity index is 0.00000420. The SMILES string of the molecule is Cc1cc2c([c-]c(-c3ccc(C(F)(F)F)c([Si](C)(C)c4cc(-c5ccccc5)cc(-c5[c-]cccc5)n4)n3)c3cnc(-c4ccccc4)nc32)s1.[Pt+2]. The third-order valence-electron chi connectivity index (χ3n) is 9.05. The van der Waals surface area contributed by atoms with Gasteiger partial charge in [0.15, 0.2) is 13.9 Å². The predicted octanol–water partition coefficient (Wildman–Crippen LogP) is 10.1. The molecule has 4 nitrogen and oxygen atoms in total. The first-order valence-corrected chi connectivity index (χ1v) is 20.2. The molecule has 0 amide bonds. The average molecular weight is 902 g/mol. The van der Waals surface area contributed by atoms with Gasteiger partial charge in [-0.3, -0.25) is 0 Å². The van der Waals surface area contributed by atoms with E-state index in [1.807, 2.05) is 111 Å². The van der Waals surface area contributed by atoms with Gasteiger partial charge in [-0.1, -0.05) is 109 Å². The van der Waals surface area contributed by atoms with E-state index in [2.05, 4.69) is 23.2 Å². The van der Waals surface area contributed by atoms with Crippen molar-refractivity contribution in [2.45, 2.75) is 26.2 Å². The molecule has 0 aliphatic rings. The van der Waals surface area contributed by atoms with Crippen molar-refractivity contribution in [2.24, 2.45) is 0 Å². The van der Waals surface area contributed by atoms with Gasteiger partial charge in [-0.15, -0.1) is 47.5 Å². The van der Waals surface area contributed by atoms with Crippen LogP contribution in [0.2, 0.25) is 13.1 Å². The Hall–Kier alpha value is -4.82. The molecular formula is C42H29F3N4PtSSi. The first-order valence-electron chi connectivity index (χ1n) is 16.4. The van der Waals surface area contributed by atoms with Crippen molar-refractivity contribution >= 4 is 51.0 Å². The fourth-order valence-electron chi connectivity index (χ4n) is 6.43. The van der Waals surface area contributed by atoms with Crippen LogP contribution in [0.4, 0.5) is 13.2 Å². The molecular weight excluding hydrogens is 873 g/mol. The zero-order valence-corrected chi connectivity index (χ0v) is 32.3. The molecule has 4 aromatic heterocycles. The van der Waals surface area contributed by atoms with E-state index in [0.29, 0.717) is 39.0 Å². The van der Waals surface area contributed by atoms with Gasteiger partial charge in [0.2, 0.25) is 0 Å². The van der Waals surface area contributed by atoms with E-state index >= 15 is 0 Å². The van der Waals surface area contributed by atoms with Gasteiger partial charge in [0.05, 0.1) is 5.56 Å². The van der Waals surface area contributed by atoms with Gasteiger partial charge in [0.1, 0.15) is 0 Å². The Morgan fingerprint density at radius 2 is 1.42 bits per heavy atom. The molecule has 0 bridgehead atoms. The second kappa shape index (κ2) is 14.0. The average Bonchev–Trinajstić information content (AvgIpc) is 3.55. The summed E-state index contributed by atoms with van der Waals surface area (Å²) in [5, 5.41) is 2.17. The van der Waals surface area contributed by atoms with Gasteiger partial charge in [0, 0.05) is 21.7 Å². The number of aryl methyl sites for hydroxylation is 1. The zero-order valence-electron chi connectivity index (χ0n) is 28.2. The van der Waals surface area contributed by atoms with Crippen LogP contribution in [0.25, 0.3) is 66.0 Å². The molecule has 8 rings (SSSR count). The molecule has 4 aromatic carbocycles. The maximum absolute atomic E-state index is 14.9. The van der Waals surface area contributed by atoms with Crippen LogP contribution in [0.5, 0.6) is 0 Å². The molecule has 0 radical (unpaired) electrons. The van der Waals surface area contributed by atoms with Gasteiger partial charge in [-0.25, -0.2) is 9.97 Å². The first-order chi connectivity index (χ1) is 24.6. The molecule has 8 aromatic rings. The summed E-state index contributed by atoms with van der Waals surface area (Å²) in [6, 6.07) is 42.3. The van der Waals surface area contributed by atoms with E-state index in [9.17, 15) is 13.2 Å². The summed E-state index contributed by atoms with van der Waals surface area (Å²) in [5.41, 5.74) is 4.96. The fraction of sp³-hybridized carbons (Fsp3) is 0.0952. The molecule has 0 aliphatic carbocycles. The number of alkyl halides is 3. The first kappa shape index (κ1) is 35.6. The monoisotopic (exact) mass is 901 g/mol. The summed E-state index contributed by atoms with van der Waals surface area (Å²) < 4.78 is 45.6. The summed E-state index contributed by atoms with van der Waals surface area (Å²) in [6.45, 7) is 5.78. The second-order valence-electron chi connectivity index (χ2n) is 12.9. The maximum atomic E-state index is 14.9. The van der Waals surface area contributed by atoms with Crippen LogP contribution in [-0.2, 0) is 27.2 Å². The number of hydrogen-bond donors (Lipinski definition) is 0. The zero-order chi connectivity index (χ0) is 35.3. The van der Waals surface area contributed by atoms with Crippen molar-refractivity contribution in [3.05, 3.63) is 144 Å². The molecule has 0 aliphatic heterocycles. The minimum atomic E-state index is -4.63. The van der Waals surface area contributed by atoms with Crippen molar-refractivity contribution < 1.29 is 34.2 Å². The van der Waals surface area contributed by atoms with Gasteiger partial charge >= 0.3 is 27.2 Å². The number of halogens is 3. The summed E-state index contributed by atoms with van der Waals surface area (Å²) in [7, 11) is -3.27. The molecule has 10 heteroatoms. The molecule has 258 valence electrons. The van der Waals surface area contributed by atoms with Crippen LogP contribution < -0.4 is 10.6 Å². The number of aromatic nitrogens is 4.